The summed E-state index contributed by atoms with van der Waals surface area (Å²) in [5.74, 6) is 0.260. The quantitative estimate of drug-likeness (QED) is 0.611. The Labute approximate surface area is 170 Å². The molecule has 29 heavy (non-hydrogen) atoms. The summed E-state index contributed by atoms with van der Waals surface area (Å²) >= 11 is 0. The second kappa shape index (κ2) is 8.79. The van der Waals surface area contributed by atoms with E-state index < -0.39 is 16.1 Å². The SMILES string of the molecule is Cc1ccc(O[C@H](C)C(=O)Nc2cccc(NS(=O)(=O)c3ccccc3)c2)cc1. The van der Waals surface area contributed by atoms with Crippen molar-refractivity contribution >= 4 is 27.3 Å². The fourth-order valence-corrected chi connectivity index (χ4v) is 3.66. The third-order valence-electron chi connectivity index (χ3n) is 4.14. The molecule has 1 atom stereocenters. The molecule has 0 saturated heterocycles. The molecule has 0 saturated carbocycles. The topological polar surface area (TPSA) is 84.5 Å². The summed E-state index contributed by atoms with van der Waals surface area (Å²) < 4.78 is 33.1. The molecule has 7 heteroatoms. The van der Waals surface area contributed by atoms with E-state index in [9.17, 15) is 13.2 Å². The fraction of sp³-hybridized carbons (Fsp3) is 0.136. The molecule has 0 unspecified atom stereocenters. The van der Waals surface area contributed by atoms with E-state index in [1.807, 2.05) is 19.1 Å². The molecule has 0 aliphatic rings. The summed E-state index contributed by atoms with van der Waals surface area (Å²) in [6, 6.07) is 22.0. The number of sulfonamides is 1. The molecular formula is C22H22N2O4S. The molecule has 0 aromatic heterocycles. The van der Waals surface area contributed by atoms with Gasteiger partial charge in [0.25, 0.3) is 15.9 Å². The van der Waals surface area contributed by atoms with Crippen LogP contribution in [0.4, 0.5) is 11.4 Å². The summed E-state index contributed by atoms with van der Waals surface area (Å²) in [5.41, 5.74) is 1.91. The molecule has 0 fully saturated rings. The number of carbonyl (C=O) groups is 1. The van der Waals surface area contributed by atoms with Crippen LogP contribution in [-0.2, 0) is 14.8 Å². The first-order valence-corrected chi connectivity index (χ1v) is 10.5. The number of ether oxygens (including phenoxy) is 1. The maximum absolute atomic E-state index is 12.5. The molecule has 0 bridgehead atoms. The van der Waals surface area contributed by atoms with Crippen molar-refractivity contribution in [2.45, 2.75) is 24.8 Å². The lowest BCUT2D eigenvalue weighted by molar-refractivity contribution is -0.122. The molecule has 0 aliphatic heterocycles. The predicted molar refractivity (Wildman–Crippen MR) is 114 cm³/mol. The van der Waals surface area contributed by atoms with E-state index in [2.05, 4.69) is 10.0 Å². The molecule has 2 N–H and O–H groups in total. The van der Waals surface area contributed by atoms with Gasteiger partial charge < -0.3 is 10.1 Å². The molecule has 6 nitrogen and oxygen atoms in total. The van der Waals surface area contributed by atoms with Gasteiger partial charge in [0, 0.05) is 5.69 Å². The van der Waals surface area contributed by atoms with Crippen LogP contribution in [-0.4, -0.2) is 20.4 Å². The number of aryl methyl sites for hydroxylation is 1. The Hall–Kier alpha value is -3.32. The van der Waals surface area contributed by atoms with Crippen molar-refractivity contribution < 1.29 is 17.9 Å². The number of carbonyl (C=O) groups excluding carboxylic acids is 1. The van der Waals surface area contributed by atoms with Gasteiger partial charge in [0.2, 0.25) is 0 Å². The Balaban J connectivity index is 1.66. The minimum Gasteiger partial charge on any atom is -0.481 e. The van der Waals surface area contributed by atoms with Crippen molar-refractivity contribution in [1.29, 1.82) is 0 Å². The van der Waals surface area contributed by atoms with E-state index >= 15 is 0 Å². The lowest BCUT2D eigenvalue weighted by Gasteiger charge is -2.15. The van der Waals surface area contributed by atoms with Crippen LogP contribution in [0.1, 0.15) is 12.5 Å². The highest BCUT2D eigenvalue weighted by atomic mass is 32.2. The van der Waals surface area contributed by atoms with Gasteiger partial charge in [-0.25, -0.2) is 8.42 Å². The molecule has 1 amide bonds. The summed E-state index contributed by atoms with van der Waals surface area (Å²) in [7, 11) is -3.71. The van der Waals surface area contributed by atoms with Crippen LogP contribution in [0, 0.1) is 6.92 Å². The summed E-state index contributed by atoms with van der Waals surface area (Å²) in [5, 5.41) is 2.74. The Bertz CT molecular complexity index is 1080. The van der Waals surface area contributed by atoms with Crippen LogP contribution in [0.25, 0.3) is 0 Å². The first-order chi connectivity index (χ1) is 13.8. The van der Waals surface area contributed by atoms with Gasteiger partial charge >= 0.3 is 0 Å². The second-order valence-corrected chi connectivity index (χ2v) is 8.24. The van der Waals surface area contributed by atoms with Crippen LogP contribution in [0.15, 0.2) is 83.8 Å². The molecule has 0 aliphatic carbocycles. The van der Waals surface area contributed by atoms with Gasteiger partial charge in [0.15, 0.2) is 6.10 Å². The van der Waals surface area contributed by atoms with Crippen molar-refractivity contribution in [2.24, 2.45) is 0 Å². The first kappa shape index (κ1) is 20.4. The van der Waals surface area contributed by atoms with E-state index in [1.54, 1.807) is 61.5 Å². The predicted octanol–water partition coefficient (Wildman–Crippen LogP) is 4.20. The number of amides is 1. The normalized spacial score (nSPS) is 12.1. The second-order valence-electron chi connectivity index (χ2n) is 6.56. The van der Waals surface area contributed by atoms with Gasteiger partial charge in [0.1, 0.15) is 5.75 Å². The third-order valence-corrected chi connectivity index (χ3v) is 5.54. The third kappa shape index (κ3) is 5.58. The minimum atomic E-state index is -3.71. The molecule has 3 rings (SSSR count). The Kier molecular flexibility index (Phi) is 6.19. The molecule has 3 aromatic carbocycles. The number of hydrogen-bond acceptors (Lipinski definition) is 4. The average molecular weight is 410 g/mol. The van der Waals surface area contributed by atoms with Crippen LogP contribution < -0.4 is 14.8 Å². The van der Waals surface area contributed by atoms with Crippen LogP contribution in [0.3, 0.4) is 0 Å². The average Bonchev–Trinajstić information content (AvgIpc) is 2.70. The zero-order valence-corrected chi connectivity index (χ0v) is 16.9. The standard InChI is InChI=1S/C22H22N2O4S/c1-16-11-13-20(14-12-16)28-17(2)22(25)23-18-7-6-8-19(15-18)24-29(26,27)21-9-4-3-5-10-21/h3-15,17,24H,1-2H3,(H,23,25)/t17-/m1/s1. The summed E-state index contributed by atoms with van der Waals surface area (Å²) in [6.07, 6.45) is -0.720. The lowest BCUT2D eigenvalue weighted by Crippen LogP contribution is -2.30. The minimum absolute atomic E-state index is 0.162. The number of rotatable bonds is 7. The molecule has 0 heterocycles. The maximum Gasteiger partial charge on any atom is 0.265 e. The molecule has 0 radical (unpaired) electrons. The molecule has 150 valence electrons. The lowest BCUT2D eigenvalue weighted by atomic mass is 10.2. The highest BCUT2D eigenvalue weighted by Crippen LogP contribution is 2.20. The Morgan fingerprint density at radius 3 is 2.24 bits per heavy atom. The zero-order valence-electron chi connectivity index (χ0n) is 16.1. The van der Waals surface area contributed by atoms with E-state index in [4.69, 9.17) is 4.74 Å². The highest BCUT2D eigenvalue weighted by Gasteiger charge is 2.16. The van der Waals surface area contributed by atoms with Gasteiger partial charge in [-0.05, 0) is 56.3 Å². The monoisotopic (exact) mass is 410 g/mol. The van der Waals surface area contributed by atoms with Crippen LogP contribution >= 0.6 is 0 Å². The van der Waals surface area contributed by atoms with Crippen molar-refractivity contribution in [3.63, 3.8) is 0 Å². The smallest absolute Gasteiger partial charge is 0.265 e. The molecule has 3 aromatic rings. The highest BCUT2D eigenvalue weighted by molar-refractivity contribution is 7.92. The van der Waals surface area contributed by atoms with Gasteiger partial charge in [-0.1, -0.05) is 42.0 Å². The van der Waals surface area contributed by atoms with Crippen molar-refractivity contribution in [1.82, 2.24) is 0 Å². The van der Waals surface area contributed by atoms with Gasteiger partial charge in [-0.3, -0.25) is 9.52 Å². The number of hydrogen-bond donors (Lipinski definition) is 2. The Morgan fingerprint density at radius 1 is 0.897 bits per heavy atom. The van der Waals surface area contributed by atoms with E-state index in [-0.39, 0.29) is 10.8 Å². The first-order valence-electron chi connectivity index (χ1n) is 9.05. The Morgan fingerprint density at radius 2 is 1.55 bits per heavy atom. The number of anilines is 2. The number of nitrogens with one attached hydrogen (secondary N) is 2. The van der Waals surface area contributed by atoms with Gasteiger partial charge in [-0.15, -0.1) is 0 Å². The van der Waals surface area contributed by atoms with E-state index in [0.29, 0.717) is 17.1 Å². The molecule has 0 spiro atoms. The fourth-order valence-electron chi connectivity index (χ4n) is 2.59. The summed E-state index contributed by atoms with van der Waals surface area (Å²) in [4.78, 5) is 12.6. The zero-order chi connectivity index (χ0) is 20.9. The van der Waals surface area contributed by atoms with Gasteiger partial charge in [-0.2, -0.15) is 0 Å². The molecular weight excluding hydrogens is 388 g/mol. The van der Waals surface area contributed by atoms with Crippen molar-refractivity contribution in [3.8, 4) is 5.75 Å². The van der Waals surface area contributed by atoms with Crippen LogP contribution in [0.5, 0.6) is 5.75 Å². The van der Waals surface area contributed by atoms with E-state index in [0.717, 1.165) is 5.56 Å². The van der Waals surface area contributed by atoms with Crippen molar-refractivity contribution in [2.75, 3.05) is 10.0 Å². The summed E-state index contributed by atoms with van der Waals surface area (Å²) in [6.45, 7) is 3.62. The largest absolute Gasteiger partial charge is 0.481 e. The number of benzene rings is 3. The maximum atomic E-state index is 12.5. The van der Waals surface area contributed by atoms with Crippen LogP contribution in [0.2, 0.25) is 0 Å². The van der Waals surface area contributed by atoms with Gasteiger partial charge in [0.05, 0.1) is 10.6 Å². The van der Waals surface area contributed by atoms with Crippen molar-refractivity contribution in [3.05, 3.63) is 84.4 Å². The van der Waals surface area contributed by atoms with E-state index in [1.165, 1.54) is 12.1 Å².